The van der Waals surface area contributed by atoms with Crippen molar-refractivity contribution in [2.75, 3.05) is 20.3 Å². The molecule has 0 bridgehead atoms. The zero-order chi connectivity index (χ0) is 18.4. The van der Waals surface area contributed by atoms with Crippen LogP contribution in [0.25, 0.3) is 6.08 Å². The van der Waals surface area contributed by atoms with Crippen LogP contribution in [0, 0.1) is 0 Å². The van der Waals surface area contributed by atoms with Crippen LogP contribution in [0.3, 0.4) is 0 Å². The minimum absolute atomic E-state index is 0.0299. The standard InChI is InChI=1S/C17H16N2O5S/c1-3-8-19-16(22)12(15(21)18-17(19)25)9-11-6-4-5-7-13(11)24-10-14(20)23-2/h3-7,9H,1,8,10H2,2H3,(H,18,21,25)/b12-9+. The highest BCUT2D eigenvalue weighted by Crippen LogP contribution is 2.23. The highest BCUT2D eigenvalue weighted by atomic mass is 32.1. The van der Waals surface area contributed by atoms with Gasteiger partial charge in [0, 0.05) is 12.1 Å². The molecule has 1 aromatic rings. The van der Waals surface area contributed by atoms with Crippen molar-refractivity contribution in [1.29, 1.82) is 0 Å². The molecule has 0 atom stereocenters. The summed E-state index contributed by atoms with van der Waals surface area (Å²) in [4.78, 5) is 37.1. The number of amides is 2. The molecule has 2 amide bonds. The lowest BCUT2D eigenvalue weighted by Gasteiger charge is -2.27. The Hall–Kier alpha value is -3.00. The molecule has 0 aliphatic carbocycles. The number of carbonyl (C=O) groups is 3. The summed E-state index contributed by atoms with van der Waals surface area (Å²) in [6.45, 7) is 3.45. The molecule has 130 valence electrons. The monoisotopic (exact) mass is 360 g/mol. The first-order valence-corrected chi connectivity index (χ1v) is 7.67. The fourth-order valence-electron chi connectivity index (χ4n) is 2.07. The molecule has 0 saturated carbocycles. The molecule has 1 aliphatic rings. The molecule has 1 N–H and O–H groups in total. The molecule has 0 radical (unpaired) electrons. The van der Waals surface area contributed by atoms with Gasteiger partial charge in [-0.3, -0.25) is 19.8 Å². The zero-order valence-corrected chi connectivity index (χ0v) is 14.3. The SMILES string of the molecule is C=CCN1C(=O)/C(=C/c2ccccc2OCC(=O)OC)C(=O)NC1=S. The predicted molar refractivity (Wildman–Crippen MR) is 94.6 cm³/mol. The first kappa shape index (κ1) is 18.3. The van der Waals surface area contributed by atoms with Crippen molar-refractivity contribution in [2.45, 2.75) is 0 Å². The van der Waals surface area contributed by atoms with Crippen molar-refractivity contribution >= 4 is 41.2 Å². The number of benzene rings is 1. The van der Waals surface area contributed by atoms with Gasteiger partial charge in [-0.1, -0.05) is 24.3 Å². The maximum absolute atomic E-state index is 12.5. The second-order valence-corrected chi connectivity index (χ2v) is 5.31. The molecule has 1 saturated heterocycles. The number of hydrogen-bond acceptors (Lipinski definition) is 6. The van der Waals surface area contributed by atoms with Crippen LogP contribution in [0.2, 0.25) is 0 Å². The topological polar surface area (TPSA) is 84.9 Å². The van der Waals surface area contributed by atoms with Gasteiger partial charge in [0.2, 0.25) is 0 Å². The molecule has 7 nitrogen and oxygen atoms in total. The van der Waals surface area contributed by atoms with Gasteiger partial charge in [0.15, 0.2) is 11.7 Å². The van der Waals surface area contributed by atoms with Crippen molar-refractivity contribution in [3.63, 3.8) is 0 Å². The Morgan fingerprint density at radius 3 is 2.76 bits per heavy atom. The Labute approximate surface area is 149 Å². The largest absolute Gasteiger partial charge is 0.481 e. The van der Waals surface area contributed by atoms with Gasteiger partial charge in [0.05, 0.1) is 7.11 Å². The first-order chi connectivity index (χ1) is 12.0. The zero-order valence-electron chi connectivity index (χ0n) is 13.5. The molecule has 25 heavy (non-hydrogen) atoms. The maximum Gasteiger partial charge on any atom is 0.343 e. The highest BCUT2D eigenvalue weighted by Gasteiger charge is 2.32. The van der Waals surface area contributed by atoms with E-state index in [-0.39, 0.29) is 23.8 Å². The number of thiocarbonyl (C=S) groups is 1. The van der Waals surface area contributed by atoms with Crippen LogP contribution in [0.1, 0.15) is 5.56 Å². The fraction of sp³-hybridized carbons (Fsp3) is 0.176. The molecule has 2 rings (SSSR count). The second-order valence-electron chi connectivity index (χ2n) is 4.92. The summed E-state index contributed by atoms with van der Waals surface area (Å²) in [5.41, 5.74) is 0.376. The Balaban J connectivity index is 2.33. The molecule has 1 aromatic carbocycles. The average molecular weight is 360 g/mol. The fourth-order valence-corrected chi connectivity index (χ4v) is 2.32. The smallest absolute Gasteiger partial charge is 0.343 e. The quantitative estimate of drug-likeness (QED) is 0.268. The molecule has 1 fully saturated rings. The van der Waals surface area contributed by atoms with Gasteiger partial charge in [-0.15, -0.1) is 6.58 Å². The van der Waals surface area contributed by atoms with Crippen molar-refractivity contribution in [3.05, 3.63) is 48.1 Å². The number of esters is 1. The predicted octanol–water partition coefficient (Wildman–Crippen LogP) is 1.05. The van der Waals surface area contributed by atoms with Gasteiger partial charge in [-0.25, -0.2) is 4.79 Å². The minimum atomic E-state index is -0.599. The van der Waals surface area contributed by atoms with E-state index in [0.29, 0.717) is 11.3 Å². The van der Waals surface area contributed by atoms with Crippen molar-refractivity contribution < 1.29 is 23.9 Å². The van der Waals surface area contributed by atoms with Gasteiger partial charge < -0.3 is 9.47 Å². The maximum atomic E-state index is 12.5. The Morgan fingerprint density at radius 2 is 2.08 bits per heavy atom. The third-order valence-corrected chi connectivity index (χ3v) is 3.61. The van der Waals surface area contributed by atoms with Crippen LogP contribution in [0.15, 0.2) is 42.5 Å². The normalized spacial score (nSPS) is 15.8. The Bertz CT molecular complexity index is 772. The van der Waals surface area contributed by atoms with Crippen LogP contribution >= 0.6 is 12.2 Å². The number of carbonyl (C=O) groups excluding carboxylic acids is 3. The van der Waals surface area contributed by atoms with E-state index in [9.17, 15) is 14.4 Å². The van der Waals surface area contributed by atoms with Gasteiger partial charge in [-0.05, 0) is 24.4 Å². The number of para-hydroxylation sites is 1. The van der Waals surface area contributed by atoms with Crippen LogP contribution < -0.4 is 10.1 Å². The molecule has 1 aliphatic heterocycles. The van der Waals surface area contributed by atoms with E-state index >= 15 is 0 Å². The van der Waals surface area contributed by atoms with Crippen LogP contribution in [-0.4, -0.2) is 48.1 Å². The van der Waals surface area contributed by atoms with Crippen molar-refractivity contribution in [3.8, 4) is 5.75 Å². The average Bonchev–Trinajstić information content (AvgIpc) is 2.60. The van der Waals surface area contributed by atoms with E-state index in [4.69, 9.17) is 17.0 Å². The first-order valence-electron chi connectivity index (χ1n) is 7.26. The van der Waals surface area contributed by atoms with Crippen LogP contribution in [0.5, 0.6) is 5.75 Å². The molecule has 8 heteroatoms. The van der Waals surface area contributed by atoms with Crippen molar-refractivity contribution in [2.24, 2.45) is 0 Å². The lowest BCUT2D eigenvalue weighted by atomic mass is 10.1. The van der Waals surface area contributed by atoms with E-state index < -0.39 is 17.8 Å². The summed E-state index contributed by atoms with van der Waals surface area (Å²) in [7, 11) is 1.25. The summed E-state index contributed by atoms with van der Waals surface area (Å²) in [6, 6.07) is 6.70. The number of ether oxygens (including phenoxy) is 2. The summed E-state index contributed by atoms with van der Waals surface area (Å²) in [5, 5.41) is 2.49. The second kappa shape index (κ2) is 8.20. The van der Waals surface area contributed by atoms with Gasteiger partial charge in [0.1, 0.15) is 11.3 Å². The number of hydrogen-bond donors (Lipinski definition) is 1. The molecular formula is C17H16N2O5S. The van der Waals surface area contributed by atoms with E-state index in [2.05, 4.69) is 16.6 Å². The third kappa shape index (κ3) is 4.30. The Morgan fingerprint density at radius 1 is 1.36 bits per heavy atom. The number of rotatable bonds is 6. The van der Waals surface area contributed by atoms with Gasteiger partial charge >= 0.3 is 5.97 Å². The molecule has 0 aromatic heterocycles. The van der Waals surface area contributed by atoms with Gasteiger partial charge in [0.25, 0.3) is 11.8 Å². The number of methoxy groups -OCH3 is 1. The third-order valence-electron chi connectivity index (χ3n) is 3.29. The van der Waals surface area contributed by atoms with Crippen LogP contribution in [0.4, 0.5) is 0 Å². The molecule has 0 unspecified atom stereocenters. The van der Waals surface area contributed by atoms with E-state index in [0.717, 1.165) is 0 Å². The summed E-state index contributed by atoms with van der Waals surface area (Å²) >= 11 is 5.00. The number of nitrogens with one attached hydrogen (secondary N) is 1. The van der Waals surface area contributed by atoms with Gasteiger partial charge in [-0.2, -0.15) is 0 Å². The lowest BCUT2D eigenvalue weighted by Crippen LogP contribution is -2.53. The summed E-state index contributed by atoms with van der Waals surface area (Å²) in [6.07, 6.45) is 2.90. The van der Waals surface area contributed by atoms with Crippen LogP contribution in [-0.2, 0) is 19.1 Å². The Kier molecular flexibility index (Phi) is 6.02. The lowest BCUT2D eigenvalue weighted by molar-refractivity contribution is -0.143. The van der Waals surface area contributed by atoms with Crippen molar-refractivity contribution in [1.82, 2.24) is 10.2 Å². The number of nitrogens with zero attached hydrogens (tertiary/aromatic N) is 1. The van der Waals surface area contributed by atoms with E-state index in [1.165, 1.54) is 24.2 Å². The summed E-state index contributed by atoms with van der Waals surface area (Å²) in [5.74, 6) is -1.34. The molecule has 0 spiro atoms. The highest BCUT2D eigenvalue weighted by molar-refractivity contribution is 7.80. The summed E-state index contributed by atoms with van der Waals surface area (Å²) < 4.78 is 9.90. The molecular weight excluding hydrogens is 344 g/mol. The van der Waals surface area contributed by atoms with E-state index in [1.807, 2.05) is 0 Å². The minimum Gasteiger partial charge on any atom is -0.481 e. The molecule has 1 heterocycles. The van der Waals surface area contributed by atoms with E-state index in [1.54, 1.807) is 24.3 Å².